The molecule has 0 radical (unpaired) electrons. The smallest absolute Gasteiger partial charge is 0.335 e. The Balaban J connectivity index is 2.20. The monoisotopic (exact) mass is 353 g/mol. The minimum Gasteiger partial charge on any atom is -0.478 e. The first kappa shape index (κ1) is 19.7. The molecule has 0 saturated carbocycles. The van der Waals surface area contributed by atoms with Crippen molar-refractivity contribution in [1.82, 2.24) is 0 Å². The number of nitrogens with zero attached hydrogens (tertiary/aromatic N) is 1. The van der Waals surface area contributed by atoms with E-state index in [1.54, 1.807) is 30.3 Å². The molecular formula is C22H27NO3. The Morgan fingerprint density at radius 1 is 1.19 bits per heavy atom. The largest absolute Gasteiger partial charge is 0.478 e. The first-order chi connectivity index (χ1) is 12.4. The molecule has 2 rings (SSSR count). The van der Waals surface area contributed by atoms with Crippen LogP contribution in [0.1, 0.15) is 61.9 Å². The van der Waals surface area contributed by atoms with Gasteiger partial charge in [-0.05, 0) is 60.4 Å². The standard InChI is InChI=1S/C22H27NO3/c1-22(2)15-6-4-3-5-7-18(14-16-22)20(23-26)13-10-17-8-11-19(12-9-17)21(24)25/h5,7-14,26H,3-4,6,15-16H2,1-2H3,(H,24,25)/b7-5-,13-10+,18-14+,23-20+. The van der Waals surface area contributed by atoms with Gasteiger partial charge in [0.1, 0.15) is 5.71 Å². The lowest BCUT2D eigenvalue weighted by molar-refractivity contribution is 0.0697. The van der Waals surface area contributed by atoms with E-state index in [9.17, 15) is 10.0 Å². The van der Waals surface area contributed by atoms with Crippen LogP contribution in [-0.4, -0.2) is 22.0 Å². The van der Waals surface area contributed by atoms with Crippen molar-refractivity contribution in [1.29, 1.82) is 0 Å². The van der Waals surface area contributed by atoms with Crippen LogP contribution in [-0.2, 0) is 0 Å². The number of carboxylic acid groups (broad SMARTS) is 1. The predicted molar refractivity (Wildman–Crippen MR) is 106 cm³/mol. The molecule has 1 aliphatic rings. The van der Waals surface area contributed by atoms with Crippen LogP contribution >= 0.6 is 0 Å². The Morgan fingerprint density at radius 2 is 1.92 bits per heavy atom. The van der Waals surface area contributed by atoms with Crippen molar-refractivity contribution in [3.05, 3.63) is 65.3 Å². The third-order valence-electron chi connectivity index (χ3n) is 4.64. The van der Waals surface area contributed by atoms with Gasteiger partial charge in [0.15, 0.2) is 0 Å². The molecule has 0 atom stereocenters. The minimum absolute atomic E-state index is 0.230. The van der Waals surface area contributed by atoms with Gasteiger partial charge in [-0.15, -0.1) is 0 Å². The lowest BCUT2D eigenvalue weighted by Gasteiger charge is -2.23. The zero-order valence-corrected chi connectivity index (χ0v) is 15.5. The molecule has 0 heterocycles. The number of hydrogen-bond donors (Lipinski definition) is 2. The quantitative estimate of drug-likeness (QED) is 0.414. The van der Waals surface area contributed by atoms with Crippen LogP contribution in [0.25, 0.3) is 6.08 Å². The van der Waals surface area contributed by atoms with Gasteiger partial charge in [0.2, 0.25) is 0 Å². The Morgan fingerprint density at radius 3 is 2.58 bits per heavy atom. The molecule has 4 heteroatoms. The summed E-state index contributed by atoms with van der Waals surface area (Å²) in [6, 6.07) is 6.58. The van der Waals surface area contributed by atoms with Crippen molar-refractivity contribution in [3.8, 4) is 0 Å². The SMILES string of the molecule is CC1(C)C/C=C(C(/C=C/c2ccc(C(=O)O)cc2)=N/O)\C=C/CCCC1. The molecule has 0 fully saturated rings. The summed E-state index contributed by atoms with van der Waals surface area (Å²) in [5.41, 5.74) is 2.73. The van der Waals surface area contributed by atoms with Crippen molar-refractivity contribution in [3.63, 3.8) is 0 Å². The van der Waals surface area contributed by atoms with E-state index in [1.807, 2.05) is 12.2 Å². The number of oxime groups is 1. The second-order valence-corrected chi connectivity index (χ2v) is 7.42. The van der Waals surface area contributed by atoms with Gasteiger partial charge in [0.05, 0.1) is 5.56 Å². The molecule has 26 heavy (non-hydrogen) atoms. The highest BCUT2D eigenvalue weighted by Gasteiger charge is 2.17. The summed E-state index contributed by atoms with van der Waals surface area (Å²) >= 11 is 0. The lowest BCUT2D eigenvalue weighted by atomic mass is 9.82. The maximum atomic E-state index is 10.9. The summed E-state index contributed by atoms with van der Waals surface area (Å²) in [5.74, 6) is -0.947. The van der Waals surface area contributed by atoms with Crippen LogP contribution in [0.15, 0.2) is 59.3 Å². The number of benzene rings is 1. The lowest BCUT2D eigenvalue weighted by Crippen LogP contribution is -2.11. The fraction of sp³-hybridized carbons (Fsp3) is 0.364. The number of carboxylic acids is 1. The summed E-state index contributed by atoms with van der Waals surface area (Å²) in [6.07, 6.45) is 15.4. The summed E-state index contributed by atoms with van der Waals surface area (Å²) in [7, 11) is 0. The van der Waals surface area contributed by atoms with Crippen LogP contribution in [0.2, 0.25) is 0 Å². The first-order valence-electron chi connectivity index (χ1n) is 9.02. The average molecular weight is 353 g/mol. The third kappa shape index (κ3) is 6.03. The molecule has 2 N–H and O–H groups in total. The number of rotatable bonds is 4. The third-order valence-corrected chi connectivity index (χ3v) is 4.64. The highest BCUT2D eigenvalue weighted by Crippen LogP contribution is 2.30. The van der Waals surface area contributed by atoms with E-state index in [2.05, 4.69) is 31.2 Å². The Hall–Kier alpha value is -2.62. The molecule has 4 nitrogen and oxygen atoms in total. The fourth-order valence-corrected chi connectivity index (χ4v) is 2.92. The van der Waals surface area contributed by atoms with E-state index >= 15 is 0 Å². The molecule has 0 bridgehead atoms. The molecule has 1 aromatic rings. The number of hydrogen-bond acceptors (Lipinski definition) is 3. The zero-order chi connectivity index (χ0) is 19.0. The van der Waals surface area contributed by atoms with Crippen molar-refractivity contribution in [2.45, 2.75) is 46.0 Å². The normalized spacial score (nSPS) is 21.8. The van der Waals surface area contributed by atoms with Crippen molar-refractivity contribution < 1.29 is 15.1 Å². The van der Waals surface area contributed by atoms with Crippen molar-refractivity contribution in [2.75, 3.05) is 0 Å². The number of aromatic carboxylic acids is 1. The van der Waals surface area contributed by atoms with Gasteiger partial charge in [-0.3, -0.25) is 0 Å². The van der Waals surface area contributed by atoms with Gasteiger partial charge >= 0.3 is 5.97 Å². The van der Waals surface area contributed by atoms with Gasteiger partial charge in [-0.2, -0.15) is 0 Å². The van der Waals surface area contributed by atoms with E-state index in [4.69, 9.17) is 5.11 Å². The molecule has 1 aromatic carbocycles. The highest BCUT2D eigenvalue weighted by molar-refractivity contribution is 6.11. The van der Waals surface area contributed by atoms with Crippen LogP contribution in [0, 0.1) is 5.41 Å². The molecule has 0 unspecified atom stereocenters. The molecule has 0 spiro atoms. The summed E-state index contributed by atoms with van der Waals surface area (Å²) in [5, 5.41) is 21.9. The molecule has 0 aliphatic heterocycles. The Kier molecular flexibility index (Phi) is 6.96. The fourth-order valence-electron chi connectivity index (χ4n) is 2.92. The maximum absolute atomic E-state index is 10.9. The maximum Gasteiger partial charge on any atom is 0.335 e. The Bertz CT molecular complexity index is 737. The summed E-state index contributed by atoms with van der Waals surface area (Å²) < 4.78 is 0. The van der Waals surface area contributed by atoms with Gasteiger partial charge < -0.3 is 10.3 Å². The molecule has 0 saturated heterocycles. The minimum atomic E-state index is -0.947. The topological polar surface area (TPSA) is 69.9 Å². The van der Waals surface area contributed by atoms with Gasteiger partial charge in [-0.25, -0.2) is 4.79 Å². The molecule has 138 valence electrons. The second-order valence-electron chi connectivity index (χ2n) is 7.42. The number of allylic oxidation sites excluding steroid dienone is 5. The van der Waals surface area contributed by atoms with E-state index in [1.165, 1.54) is 19.3 Å². The zero-order valence-electron chi connectivity index (χ0n) is 15.5. The van der Waals surface area contributed by atoms with E-state index in [0.29, 0.717) is 5.71 Å². The van der Waals surface area contributed by atoms with Crippen LogP contribution in [0.5, 0.6) is 0 Å². The van der Waals surface area contributed by atoms with Crippen LogP contribution in [0.4, 0.5) is 0 Å². The van der Waals surface area contributed by atoms with Gasteiger partial charge in [-0.1, -0.05) is 61.9 Å². The first-order valence-corrected chi connectivity index (χ1v) is 9.02. The molecule has 1 aliphatic carbocycles. The summed E-state index contributed by atoms with van der Waals surface area (Å²) in [4.78, 5) is 10.9. The van der Waals surface area contributed by atoms with Crippen molar-refractivity contribution >= 4 is 17.8 Å². The van der Waals surface area contributed by atoms with E-state index < -0.39 is 5.97 Å². The van der Waals surface area contributed by atoms with Gasteiger partial charge in [0, 0.05) is 0 Å². The molecular weight excluding hydrogens is 326 g/mol. The van der Waals surface area contributed by atoms with Gasteiger partial charge in [0.25, 0.3) is 0 Å². The van der Waals surface area contributed by atoms with Crippen LogP contribution in [0.3, 0.4) is 0 Å². The predicted octanol–water partition coefficient (Wildman–Crippen LogP) is 5.70. The highest BCUT2D eigenvalue weighted by atomic mass is 16.4. The van der Waals surface area contributed by atoms with E-state index in [0.717, 1.165) is 24.0 Å². The Labute approximate surface area is 155 Å². The average Bonchev–Trinajstić information content (AvgIpc) is 2.62. The van der Waals surface area contributed by atoms with Crippen molar-refractivity contribution in [2.24, 2.45) is 10.6 Å². The number of carbonyl (C=O) groups is 1. The molecule has 0 amide bonds. The van der Waals surface area contributed by atoms with E-state index in [-0.39, 0.29) is 11.0 Å². The second kappa shape index (κ2) is 9.18. The van der Waals surface area contributed by atoms with Crippen LogP contribution < -0.4 is 0 Å². The summed E-state index contributed by atoms with van der Waals surface area (Å²) in [6.45, 7) is 4.53. The molecule has 0 aromatic heterocycles.